The first-order valence-electron chi connectivity index (χ1n) is 8.73. The summed E-state index contributed by atoms with van der Waals surface area (Å²) >= 11 is 1.48. The topological polar surface area (TPSA) is 105 Å². The molecule has 27 heavy (non-hydrogen) atoms. The molecule has 0 bridgehead atoms. The summed E-state index contributed by atoms with van der Waals surface area (Å²) in [5.41, 5.74) is 1.59. The minimum Gasteiger partial charge on any atom is -0.484 e. The Labute approximate surface area is 160 Å². The van der Waals surface area contributed by atoms with E-state index in [0.717, 1.165) is 31.2 Å². The fraction of sp³-hybridized carbons (Fsp3) is 0.368. The van der Waals surface area contributed by atoms with E-state index >= 15 is 0 Å². The number of nitrogens with zero attached hydrogens (tertiary/aromatic N) is 2. The van der Waals surface area contributed by atoms with Crippen LogP contribution in [0.5, 0.6) is 5.75 Å². The second-order valence-corrected chi connectivity index (χ2v) is 7.53. The van der Waals surface area contributed by atoms with Crippen molar-refractivity contribution >= 4 is 27.9 Å². The van der Waals surface area contributed by atoms with Crippen LogP contribution >= 0.6 is 11.3 Å². The number of hydrogen-bond donors (Lipinski definition) is 1. The van der Waals surface area contributed by atoms with Gasteiger partial charge in [-0.3, -0.25) is 14.9 Å². The molecule has 0 spiro atoms. The number of fused-ring (bicyclic) bond motifs is 1. The number of benzene rings is 1. The molecule has 1 aromatic carbocycles. The number of carbonyl (C=O) groups excluding carboxylic acids is 1. The Morgan fingerprint density at radius 3 is 2.81 bits per heavy atom. The van der Waals surface area contributed by atoms with Gasteiger partial charge in [-0.25, -0.2) is 0 Å². The van der Waals surface area contributed by atoms with Crippen LogP contribution in [0.15, 0.2) is 24.3 Å². The lowest BCUT2D eigenvalue weighted by atomic mass is 9.86. The van der Waals surface area contributed by atoms with Gasteiger partial charge in [-0.15, -0.1) is 11.3 Å². The van der Waals surface area contributed by atoms with Crippen molar-refractivity contribution in [3.63, 3.8) is 0 Å². The van der Waals surface area contributed by atoms with E-state index < -0.39 is 4.92 Å². The maximum atomic E-state index is 12.2. The zero-order valence-corrected chi connectivity index (χ0v) is 15.7. The van der Waals surface area contributed by atoms with E-state index in [9.17, 15) is 20.2 Å². The van der Waals surface area contributed by atoms with Gasteiger partial charge in [0.25, 0.3) is 11.6 Å². The molecule has 0 saturated carbocycles. The quantitative estimate of drug-likeness (QED) is 0.596. The average molecular weight is 385 g/mol. The number of nitriles is 1. The number of anilines is 1. The molecule has 0 radical (unpaired) electrons. The van der Waals surface area contributed by atoms with Crippen LogP contribution in [-0.4, -0.2) is 17.4 Å². The fourth-order valence-corrected chi connectivity index (χ4v) is 4.51. The van der Waals surface area contributed by atoms with E-state index in [-0.39, 0.29) is 18.2 Å². The van der Waals surface area contributed by atoms with Crippen LogP contribution in [0.4, 0.5) is 10.7 Å². The fourth-order valence-electron chi connectivity index (χ4n) is 3.18. The number of nitro benzene ring substituents is 1. The second kappa shape index (κ2) is 8.18. The van der Waals surface area contributed by atoms with Crippen LogP contribution in [0.25, 0.3) is 0 Å². The number of nitro groups is 1. The van der Waals surface area contributed by atoms with E-state index in [0.29, 0.717) is 22.2 Å². The number of rotatable bonds is 6. The molecular formula is C19H19N3O4S. The van der Waals surface area contributed by atoms with Crippen LogP contribution in [-0.2, 0) is 17.6 Å². The van der Waals surface area contributed by atoms with Gasteiger partial charge in [0.15, 0.2) is 6.61 Å². The van der Waals surface area contributed by atoms with Crippen molar-refractivity contribution in [3.8, 4) is 11.8 Å². The Hall–Kier alpha value is -2.92. The highest BCUT2D eigenvalue weighted by Gasteiger charge is 2.25. The highest BCUT2D eigenvalue weighted by atomic mass is 32.1. The molecule has 3 rings (SSSR count). The van der Waals surface area contributed by atoms with E-state index in [4.69, 9.17) is 4.74 Å². The molecule has 1 heterocycles. The number of ether oxygens (including phenoxy) is 1. The molecule has 140 valence electrons. The Morgan fingerprint density at radius 2 is 2.19 bits per heavy atom. The second-order valence-electron chi connectivity index (χ2n) is 6.42. The molecule has 1 amide bonds. The molecular weight excluding hydrogens is 366 g/mol. The number of thiophene rings is 1. The Kier molecular flexibility index (Phi) is 5.72. The molecule has 1 unspecified atom stereocenters. The lowest BCUT2D eigenvalue weighted by Gasteiger charge is -2.20. The first-order chi connectivity index (χ1) is 13.0. The summed E-state index contributed by atoms with van der Waals surface area (Å²) in [4.78, 5) is 23.5. The summed E-state index contributed by atoms with van der Waals surface area (Å²) in [6.07, 6.45) is 4.03. The molecule has 2 aromatic rings. The third-order valence-corrected chi connectivity index (χ3v) is 5.90. The summed E-state index contributed by atoms with van der Waals surface area (Å²) in [5.74, 6) is 0.639. The monoisotopic (exact) mass is 385 g/mol. The number of carbonyl (C=O) groups is 1. The zero-order valence-electron chi connectivity index (χ0n) is 14.9. The number of amides is 1. The van der Waals surface area contributed by atoms with Crippen molar-refractivity contribution < 1.29 is 14.5 Å². The van der Waals surface area contributed by atoms with Gasteiger partial charge in [0.2, 0.25) is 0 Å². The van der Waals surface area contributed by atoms with Crippen molar-refractivity contribution in [2.24, 2.45) is 5.92 Å². The zero-order chi connectivity index (χ0) is 19.4. The predicted molar refractivity (Wildman–Crippen MR) is 102 cm³/mol. The summed E-state index contributed by atoms with van der Waals surface area (Å²) in [6.45, 7) is 1.94. The number of hydrogen-bond acceptors (Lipinski definition) is 6. The van der Waals surface area contributed by atoms with Gasteiger partial charge in [0, 0.05) is 17.0 Å². The van der Waals surface area contributed by atoms with Crippen LogP contribution < -0.4 is 10.1 Å². The van der Waals surface area contributed by atoms with Crippen molar-refractivity contribution in [3.05, 3.63) is 50.4 Å². The molecule has 0 saturated heterocycles. The number of non-ortho nitro benzene ring substituents is 1. The maximum Gasteiger partial charge on any atom is 0.269 e. The average Bonchev–Trinajstić information content (AvgIpc) is 3.02. The summed E-state index contributed by atoms with van der Waals surface area (Å²) < 4.78 is 5.37. The van der Waals surface area contributed by atoms with Crippen LogP contribution in [0.3, 0.4) is 0 Å². The predicted octanol–water partition coefficient (Wildman–Crippen LogP) is 4.06. The number of nitrogens with one attached hydrogen (secondary N) is 1. The van der Waals surface area contributed by atoms with Crippen molar-refractivity contribution in [1.82, 2.24) is 0 Å². The first-order valence-corrected chi connectivity index (χ1v) is 9.55. The van der Waals surface area contributed by atoms with Gasteiger partial charge in [-0.1, -0.05) is 13.3 Å². The minimum absolute atomic E-state index is 0.0417. The van der Waals surface area contributed by atoms with Crippen LogP contribution in [0, 0.1) is 27.4 Å². The van der Waals surface area contributed by atoms with Crippen LogP contribution in [0.2, 0.25) is 0 Å². The van der Waals surface area contributed by atoms with Gasteiger partial charge < -0.3 is 10.1 Å². The molecule has 1 aromatic heterocycles. The third-order valence-electron chi connectivity index (χ3n) is 4.73. The molecule has 1 aliphatic carbocycles. The molecule has 0 aliphatic heterocycles. The van der Waals surface area contributed by atoms with E-state index in [1.807, 2.05) is 0 Å². The van der Waals surface area contributed by atoms with Gasteiger partial charge in [-0.05, 0) is 42.9 Å². The lowest BCUT2D eigenvalue weighted by Crippen LogP contribution is -2.20. The molecule has 0 fully saturated rings. The highest BCUT2D eigenvalue weighted by molar-refractivity contribution is 7.16. The van der Waals surface area contributed by atoms with Crippen molar-refractivity contribution in [2.45, 2.75) is 32.6 Å². The van der Waals surface area contributed by atoms with Crippen molar-refractivity contribution in [1.29, 1.82) is 5.26 Å². The minimum atomic E-state index is -0.498. The molecule has 1 N–H and O–H groups in total. The van der Waals surface area contributed by atoms with Gasteiger partial charge in [-0.2, -0.15) is 5.26 Å². The van der Waals surface area contributed by atoms with Crippen molar-refractivity contribution in [2.75, 3.05) is 11.9 Å². The lowest BCUT2D eigenvalue weighted by molar-refractivity contribution is -0.384. The normalized spacial score (nSPS) is 15.5. The molecule has 8 heteroatoms. The van der Waals surface area contributed by atoms with E-state index in [1.54, 1.807) is 0 Å². The van der Waals surface area contributed by atoms with E-state index in [1.165, 1.54) is 40.5 Å². The summed E-state index contributed by atoms with van der Waals surface area (Å²) in [5, 5.41) is 23.5. The Bertz CT molecular complexity index is 899. The summed E-state index contributed by atoms with van der Waals surface area (Å²) in [6, 6.07) is 7.75. The Balaban J connectivity index is 1.63. The van der Waals surface area contributed by atoms with E-state index in [2.05, 4.69) is 18.3 Å². The first kappa shape index (κ1) is 18.9. The summed E-state index contributed by atoms with van der Waals surface area (Å²) in [7, 11) is 0. The molecule has 1 aliphatic rings. The maximum absolute atomic E-state index is 12.2. The molecule has 1 atom stereocenters. The molecule has 7 nitrogen and oxygen atoms in total. The standard InChI is InChI=1S/C19H19N3O4S/c1-2-12-3-8-15-16(10-20)19(27-17(15)9-12)21-18(23)11-26-14-6-4-13(5-7-14)22(24)25/h4-7,12H,2-3,8-9,11H2,1H3,(H,21,23). The largest absolute Gasteiger partial charge is 0.484 e. The van der Waals surface area contributed by atoms with Crippen LogP contribution in [0.1, 0.15) is 35.8 Å². The van der Waals surface area contributed by atoms with Gasteiger partial charge >= 0.3 is 0 Å². The smallest absolute Gasteiger partial charge is 0.269 e. The van der Waals surface area contributed by atoms with Gasteiger partial charge in [0.05, 0.1) is 10.5 Å². The SMILES string of the molecule is CCC1CCc2c(sc(NC(=O)COc3ccc([N+](=O)[O-])cc3)c2C#N)C1. The Morgan fingerprint density at radius 1 is 1.44 bits per heavy atom. The highest BCUT2D eigenvalue weighted by Crippen LogP contribution is 2.39. The van der Waals surface area contributed by atoms with Gasteiger partial charge in [0.1, 0.15) is 16.8 Å². The third kappa shape index (κ3) is 4.26.